The summed E-state index contributed by atoms with van der Waals surface area (Å²) >= 11 is 5.96. The predicted molar refractivity (Wildman–Crippen MR) is 92.1 cm³/mol. The summed E-state index contributed by atoms with van der Waals surface area (Å²) in [6.45, 7) is 0.329. The molecular weight excluding hydrogens is 383 g/mol. The Morgan fingerprint density at radius 2 is 1.89 bits per heavy atom. The number of benzene rings is 2. The Bertz CT molecular complexity index is 1090. The van der Waals surface area contributed by atoms with Gasteiger partial charge in [-0.3, -0.25) is 9.59 Å². The Balaban J connectivity index is 1.75. The first-order valence-electron chi connectivity index (χ1n) is 7.99. The fourth-order valence-electron chi connectivity index (χ4n) is 3.21. The van der Waals surface area contributed by atoms with E-state index in [1.807, 2.05) is 5.32 Å². The third kappa shape index (κ3) is 2.95. The number of halogens is 4. The molecule has 1 aliphatic rings. The zero-order valence-corrected chi connectivity index (χ0v) is 14.4. The first kappa shape index (κ1) is 17.5. The van der Waals surface area contributed by atoms with Gasteiger partial charge in [-0.15, -0.1) is 0 Å². The average molecular weight is 394 g/mol. The molecular formula is C18H11ClF3N3O2. The van der Waals surface area contributed by atoms with Crippen LogP contribution in [0.2, 0.25) is 5.02 Å². The van der Waals surface area contributed by atoms with Gasteiger partial charge in [-0.2, -0.15) is 0 Å². The fourth-order valence-corrected chi connectivity index (χ4v) is 3.37. The molecule has 2 aromatic carbocycles. The first-order chi connectivity index (χ1) is 12.8. The van der Waals surface area contributed by atoms with Crippen molar-refractivity contribution in [3.63, 3.8) is 0 Å². The molecule has 2 heterocycles. The number of carbonyl (C=O) groups is 2. The van der Waals surface area contributed by atoms with Gasteiger partial charge in [-0.1, -0.05) is 11.6 Å². The van der Waals surface area contributed by atoms with Crippen LogP contribution in [0.25, 0.3) is 11.0 Å². The molecule has 0 saturated heterocycles. The van der Waals surface area contributed by atoms with Crippen LogP contribution in [-0.2, 0) is 16.1 Å². The molecule has 0 fully saturated rings. The van der Waals surface area contributed by atoms with E-state index >= 15 is 0 Å². The van der Waals surface area contributed by atoms with Crippen LogP contribution in [0.15, 0.2) is 30.3 Å². The largest absolute Gasteiger partial charge is 0.326 e. The number of ketones is 1. The quantitative estimate of drug-likeness (QED) is 0.673. The van der Waals surface area contributed by atoms with E-state index in [2.05, 4.69) is 4.98 Å². The van der Waals surface area contributed by atoms with Gasteiger partial charge in [0, 0.05) is 30.1 Å². The van der Waals surface area contributed by atoms with Gasteiger partial charge in [0.1, 0.15) is 17.3 Å². The van der Waals surface area contributed by atoms with Crippen molar-refractivity contribution in [3.8, 4) is 0 Å². The molecule has 1 atom stereocenters. The zero-order valence-electron chi connectivity index (χ0n) is 13.6. The van der Waals surface area contributed by atoms with E-state index in [0.29, 0.717) is 34.7 Å². The fraction of sp³-hybridized carbons (Fsp3) is 0.167. The molecule has 0 saturated carbocycles. The number of hydrogen-bond donors (Lipinski definition) is 1. The summed E-state index contributed by atoms with van der Waals surface area (Å²) in [4.78, 5) is 29.3. The van der Waals surface area contributed by atoms with Gasteiger partial charge in [-0.25, -0.2) is 18.2 Å². The zero-order chi connectivity index (χ0) is 19.3. The van der Waals surface area contributed by atoms with Crippen molar-refractivity contribution in [2.45, 2.75) is 18.9 Å². The molecule has 138 valence electrons. The Morgan fingerprint density at radius 1 is 1.19 bits per heavy atom. The molecule has 4 rings (SSSR count). The van der Waals surface area contributed by atoms with E-state index in [9.17, 15) is 22.8 Å². The van der Waals surface area contributed by atoms with Crippen molar-refractivity contribution in [1.29, 1.82) is 0 Å². The maximum atomic E-state index is 13.8. The lowest BCUT2D eigenvalue weighted by Crippen LogP contribution is -2.34. The monoisotopic (exact) mass is 393 g/mol. The summed E-state index contributed by atoms with van der Waals surface area (Å²) in [5.74, 6) is -6.20. The molecule has 9 heteroatoms. The number of carbonyl (C=O) groups excluding carboxylic acids is 2. The molecule has 0 aliphatic carbocycles. The molecule has 27 heavy (non-hydrogen) atoms. The van der Waals surface area contributed by atoms with Gasteiger partial charge < -0.3 is 9.88 Å². The summed E-state index contributed by atoms with van der Waals surface area (Å²) in [6, 6.07) is 5.87. The molecule has 5 nitrogen and oxygen atoms in total. The number of imidazole rings is 1. The van der Waals surface area contributed by atoms with E-state index in [1.165, 1.54) is 0 Å². The van der Waals surface area contributed by atoms with Crippen molar-refractivity contribution in [3.05, 3.63) is 58.6 Å². The van der Waals surface area contributed by atoms with Crippen molar-refractivity contribution in [2.75, 3.05) is 5.32 Å². The van der Waals surface area contributed by atoms with E-state index in [0.717, 1.165) is 0 Å². The smallest absolute Gasteiger partial charge is 0.242 e. The van der Waals surface area contributed by atoms with Crippen LogP contribution in [0.4, 0.5) is 18.9 Å². The van der Waals surface area contributed by atoms with Gasteiger partial charge in [0.25, 0.3) is 0 Å². The molecule has 1 aromatic heterocycles. The number of fused-ring (bicyclic) bond motifs is 3. The highest BCUT2D eigenvalue weighted by atomic mass is 35.5. The van der Waals surface area contributed by atoms with E-state index < -0.39 is 40.7 Å². The molecule has 0 spiro atoms. The van der Waals surface area contributed by atoms with Crippen LogP contribution in [0.1, 0.15) is 18.2 Å². The van der Waals surface area contributed by atoms with Crippen molar-refractivity contribution >= 4 is 40.0 Å². The highest BCUT2D eigenvalue weighted by Crippen LogP contribution is 2.31. The second kappa shape index (κ2) is 6.38. The number of rotatable bonds is 2. The Morgan fingerprint density at radius 3 is 2.59 bits per heavy atom. The van der Waals surface area contributed by atoms with Crippen LogP contribution in [0.3, 0.4) is 0 Å². The molecule has 0 radical (unpaired) electrons. The Hall–Kier alpha value is -2.87. The lowest BCUT2D eigenvalue weighted by Gasteiger charge is -2.22. The number of anilines is 1. The van der Waals surface area contributed by atoms with E-state index in [4.69, 9.17) is 11.6 Å². The SMILES string of the molecule is O=C1CCn2c(nc3cc(Cl)ccc32)C1C(=O)Nc1c(F)cc(F)cc1F. The van der Waals surface area contributed by atoms with Gasteiger partial charge in [0.2, 0.25) is 5.91 Å². The minimum Gasteiger partial charge on any atom is -0.326 e. The molecule has 1 N–H and O–H groups in total. The number of hydrogen-bond acceptors (Lipinski definition) is 3. The topological polar surface area (TPSA) is 64.0 Å². The van der Waals surface area contributed by atoms with Crippen molar-refractivity contribution in [1.82, 2.24) is 9.55 Å². The van der Waals surface area contributed by atoms with Crippen LogP contribution in [0, 0.1) is 17.5 Å². The van der Waals surface area contributed by atoms with Crippen LogP contribution in [-0.4, -0.2) is 21.2 Å². The summed E-state index contributed by atoms with van der Waals surface area (Å²) in [6.07, 6.45) is 0.0631. The summed E-state index contributed by atoms with van der Waals surface area (Å²) in [5.41, 5.74) is 0.383. The average Bonchev–Trinajstić information content (AvgIpc) is 2.94. The van der Waals surface area contributed by atoms with Gasteiger partial charge in [-0.05, 0) is 18.2 Å². The Labute approximate surface area is 155 Å². The number of aromatic nitrogens is 2. The number of Topliss-reactive ketones (excluding diaryl/α,β-unsaturated/α-hetero) is 1. The third-order valence-electron chi connectivity index (χ3n) is 4.42. The molecule has 1 amide bonds. The van der Waals surface area contributed by atoms with Crippen LogP contribution >= 0.6 is 11.6 Å². The predicted octanol–water partition coefficient (Wildman–Crippen LogP) is 3.80. The minimum absolute atomic E-state index is 0.0631. The number of amides is 1. The number of nitrogens with zero attached hydrogens (tertiary/aromatic N) is 2. The lowest BCUT2D eigenvalue weighted by atomic mass is 9.96. The third-order valence-corrected chi connectivity index (χ3v) is 4.65. The maximum Gasteiger partial charge on any atom is 0.242 e. The maximum absolute atomic E-state index is 13.8. The normalized spacial score (nSPS) is 16.4. The summed E-state index contributed by atoms with van der Waals surface area (Å²) < 4.78 is 42.4. The van der Waals surface area contributed by atoms with Crippen LogP contribution in [0.5, 0.6) is 0 Å². The molecule has 0 bridgehead atoms. The van der Waals surface area contributed by atoms with Crippen LogP contribution < -0.4 is 5.32 Å². The van der Waals surface area contributed by atoms with Gasteiger partial charge >= 0.3 is 0 Å². The van der Waals surface area contributed by atoms with Gasteiger partial charge in [0.05, 0.1) is 11.0 Å². The van der Waals surface area contributed by atoms with Crippen molar-refractivity contribution < 1.29 is 22.8 Å². The molecule has 1 unspecified atom stereocenters. The molecule has 1 aliphatic heterocycles. The highest BCUT2D eigenvalue weighted by Gasteiger charge is 2.37. The second-order valence-corrected chi connectivity index (χ2v) is 6.57. The highest BCUT2D eigenvalue weighted by molar-refractivity contribution is 6.31. The Kier molecular flexibility index (Phi) is 4.15. The van der Waals surface area contributed by atoms with Gasteiger partial charge in [0.15, 0.2) is 23.3 Å². The van der Waals surface area contributed by atoms with E-state index in [-0.39, 0.29) is 12.2 Å². The minimum atomic E-state index is -1.34. The second-order valence-electron chi connectivity index (χ2n) is 6.14. The first-order valence-corrected chi connectivity index (χ1v) is 8.37. The van der Waals surface area contributed by atoms with Crippen molar-refractivity contribution in [2.24, 2.45) is 0 Å². The summed E-state index contributed by atoms with van der Waals surface area (Å²) in [5, 5.41) is 2.49. The van der Waals surface area contributed by atoms with E-state index in [1.54, 1.807) is 22.8 Å². The lowest BCUT2D eigenvalue weighted by molar-refractivity contribution is -0.128. The summed E-state index contributed by atoms with van der Waals surface area (Å²) in [7, 11) is 0. The number of nitrogens with one attached hydrogen (secondary N) is 1. The molecule has 3 aromatic rings. The standard InChI is InChI=1S/C18H11ClF3N3O2/c19-8-1-2-13-12(5-8)23-17-15(14(26)3-4-25(13)17)18(27)24-16-10(21)6-9(20)7-11(16)22/h1-2,5-7,15H,3-4H2,(H,24,27). The number of aryl methyl sites for hydroxylation is 1.